The Labute approximate surface area is 111 Å². The van der Waals surface area contributed by atoms with Gasteiger partial charge in [-0.15, -0.1) is 0 Å². The van der Waals surface area contributed by atoms with E-state index in [1.54, 1.807) is 0 Å². The highest BCUT2D eigenvalue weighted by molar-refractivity contribution is 6.47. The first-order valence-corrected chi connectivity index (χ1v) is 7.48. The molecule has 0 aromatic rings. The van der Waals surface area contributed by atoms with Gasteiger partial charge in [0.1, 0.15) is 0 Å². The number of nitrogens with two attached hydrogens (primary N) is 1. The first kappa shape index (κ1) is 13.0. The van der Waals surface area contributed by atoms with Crippen molar-refractivity contribution in [2.24, 2.45) is 23.0 Å². The molecule has 102 valence electrons. The zero-order valence-electron chi connectivity index (χ0n) is 12.1. The van der Waals surface area contributed by atoms with E-state index in [0.717, 1.165) is 25.2 Å². The average molecular weight is 251 g/mol. The summed E-state index contributed by atoms with van der Waals surface area (Å²) in [7, 11) is -0.185. The molecule has 4 fully saturated rings. The number of rotatable bonds is 3. The lowest BCUT2D eigenvalue weighted by Gasteiger charge is -2.64. The molecule has 5 atom stereocenters. The average Bonchev–Trinajstić information content (AvgIpc) is 2.65. The summed E-state index contributed by atoms with van der Waals surface area (Å²) in [6, 6.07) is 0. The normalized spacial score (nSPS) is 46.5. The molecule has 3 aliphatic carbocycles. The molecule has 2 N–H and O–H groups in total. The van der Waals surface area contributed by atoms with Crippen molar-refractivity contribution in [1.82, 2.24) is 0 Å². The minimum absolute atomic E-state index is 0.0257. The van der Waals surface area contributed by atoms with E-state index in [4.69, 9.17) is 15.0 Å². The molecular formula is C14H26BNO2. The molecule has 0 aromatic heterocycles. The van der Waals surface area contributed by atoms with E-state index in [0.29, 0.717) is 11.3 Å². The third-order valence-electron chi connectivity index (χ3n) is 5.94. The third-order valence-corrected chi connectivity index (χ3v) is 5.94. The SMILES string of the molecule is CCC[C@H](N)B1O[C@H]2C[C@@H]3C[C@H](C3(C)C)[C@@]2(C)O1. The molecule has 18 heavy (non-hydrogen) atoms. The number of hydrogen-bond acceptors (Lipinski definition) is 3. The zero-order valence-corrected chi connectivity index (χ0v) is 12.1. The summed E-state index contributed by atoms with van der Waals surface area (Å²) in [6.45, 7) is 9.17. The van der Waals surface area contributed by atoms with Gasteiger partial charge in [0.25, 0.3) is 0 Å². The Morgan fingerprint density at radius 2 is 2.06 bits per heavy atom. The molecule has 4 rings (SSSR count). The molecule has 3 nitrogen and oxygen atoms in total. The molecule has 0 unspecified atom stereocenters. The van der Waals surface area contributed by atoms with Gasteiger partial charge in [-0.05, 0) is 43.4 Å². The fourth-order valence-electron chi connectivity index (χ4n) is 4.55. The molecule has 1 aliphatic heterocycles. The standard InChI is InChI=1S/C14H26BNO2/c1-5-6-12(16)15-17-11-8-9-7-10(13(9,2)3)14(11,4)18-15/h9-12H,5-8,16H2,1-4H3/t9-,10+,11-,12-,14+/m0/s1. The van der Waals surface area contributed by atoms with Gasteiger partial charge in [0.05, 0.1) is 11.7 Å². The molecule has 3 saturated carbocycles. The summed E-state index contributed by atoms with van der Waals surface area (Å²) in [5.41, 5.74) is 6.49. The van der Waals surface area contributed by atoms with Gasteiger partial charge in [0, 0.05) is 5.94 Å². The second kappa shape index (κ2) is 3.97. The maximum Gasteiger partial charge on any atom is 0.475 e. The van der Waals surface area contributed by atoms with Gasteiger partial charge >= 0.3 is 7.12 Å². The fourth-order valence-corrected chi connectivity index (χ4v) is 4.55. The summed E-state index contributed by atoms with van der Waals surface area (Å²) in [4.78, 5) is 0. The highest BCUT2D eigenvalue weighted by Crippen LogP contribution is 2.65. The second-order valence-corrected chi connectivity index (χ2v) is 7.29. The lowest BCUT2D eigenvalue weighted by molar-refractivity contribution is -0.199. The van der Waals surface area contributed by atoms with E-state index in [2.05, 4.69) is 27.7 Å². The summed E-state index contributed by atoms with van der Waals surface area (Å²) < 4.78 is 12.4. The van der Waals surface area contributed by atoms with Crippen LogP contribution in [0.25, 0.3) is 0 Å². The lowest BCUT2D eigenvalue weighted by atomic mass is 9.43. The number of hydrogen-bond donors (Lipinski definition) is 1. The topological polar surface area (TPSA) is 44.5 Å². The van der Waals surface area contributed by atoms with Gasteiger partial charge in [-0.25, -0.2) is 0 Å². The lowest BCUT2D eigenvalue weighted by Crippen LogP contribution is -2.65. The van der Waals surface area contributed by atoms with E-state index in [1.165, 1.54) is 6.42 Å². The van der Waals surface area contributed by atoms with E-state index < -0.39 is 0 Å². The third kappa shape index (κ3) is 1.55. The van der Waals surface area contributed by atoms with Crippen molar-refractivity contribution in [3.63, 3.8) is 0 Å². The van der Waals surface area contributed by atoms with Gasteiger partial charge in [0.2, 0.25) is 0 Å². The van der Waals surface area contributed by atoms with Crippen LogP contribution in [0.1, 0.15) is 53.4 Å². The highest BCUT2D eigenvalue weighted by atomic mass is 16.7. The first-order valence-electron chi connectivity index (χ1n) is 7.48. The van der Waals surface area contributed by atoms with Gasteiger partial charge in [-0.1, -0.05) is 27.2 Å². The smallest absolute Gasteiger partial charge is 0.404 e. The molecule has 0 aromatic carbocycles. The molecule has 4 aliphatic rings. The Morgan fingerprint density at radius 3 is 2.67 bits per heavy atom. The summed E-state index contributed by atoms with van der Waals surface area (Å²) >= 11 is 0. The quantitative estimate of drug-likeness (QED) is 0.783. The Bertz CT molecular complexity index is 349. The minimum Gasteiger partial charge on any atom is -0.404 e. The maximum absolute atomic E-state index is 6.31. The molecular weight excluding hydrogens is 225 g/mol. The van der Waals surface area contributed by atoms with Gasteiger partial charge in [-0.3, -0.25) is 0 Å². The Balaban J connectivity index is 1.76. The van der Waals surface area contributed by atoms with Crippen LogP contribution in [-0.4, -0.2) is 24.8 Å². The molecule has 2 bridgehead atoms. The van der Waals surface area contributed by atoms with Crippen LogP contribution in [0.2, 0.25) is 0 Å². The Kier molecular flexibility index (Phi) is 2.86. The molecule has 0 amide bonds. The van der Waals surface area contributed by atoms with Crippen LogP contribution >= 0.6 is 0 Å². The monoisotopic (exact) mass is 251 g/mol. The van der Waals surface area contributed by atoms with Gasteiger partial charge in [-0.2, -0.15) is 0 Å². The largest absolute Gasteiger partial charge is 0.475 e. The summed E-state index contributed by atoms with van der Waals surface area (Å²) in [6.07, 6.45) is 4.78. The predicted octanol–water partition coefficient (Wildman–Crippen LogP) is 2.38. The minimum atomic E-state index is -0.185. The fraction of sp³-hybridized carbons (Fsp3) is 1.00. The maximum atomic E-state index is 6.31. The van der Waals surface area contributed by atoms with E-state index in [9.17, 15) is 0 Å². The van der Waals surface area contributed by atoms with Crippen molar-refractivity contribution in [2.45, 2.75) is 71.0 Å². The van der Waals surface area contributed by atoms with E-state index >= 15 is 0 Å². The highest BCUT2D eigenvalue weighted by Gasteiger charge is 2.68. The molecule has 1 heterocycles. The van der Waals surface area contributed by atoms with E-state index in [1.807, 2.05) is 0 Å². The van der Waals surface area contributed by atoms with Crippen LogP contribution in [0.5, 0.6) is 0 Å². The van der Waals surface area contributed by atoms with Crippen molar-refractivity contribution < 1.29 is 9.31 Å². The van der Waals surface area contributed by atoms with Crippen molar-refractivity contribution in [1.29, 1.82) is 0 Å². The van der Waals surface area contributed by atoms with Crippen molar-refractivity contribution >= 4 is 7.12 Å². The van der Waals surface area contributed by atoms with Gasteiger partial charge in [0.15, 0.2) is 0 Å². The van der Waals surface area contributed by atoms with Crippen molar-refractivity contribution in [3.05, 3.63) is 0 Å². The molecule has 4 heteroatoms. The Morgan fingerprint density at radius 1 is 1.33 bits per heavy atom. The molecule has 1 saturated heterocycles. The zero-order chi connectivity index (χ0) is 13.1. The molecule has 0 spiro atoms. The van der Waals surface area contributed by atoms with Crippen LogP contribution < -0.4 is 5.73 Å². The van der Waals surface area contributed by atoms with Crippen LogP contribution in [0, 0.1) is 17.3 Å². The van der Waals surface area contributed by atoms with Crippen LogP contribution in [0.3, 0.4) is 0 Å². The van der Waals surface area contributed by atoms with Crippen LogP contribution in [0.15, 0.2) is 0 Å². The molecule has 0 radical (unpaired) electrons. The van der Waals surface area contributed by atoms with E-state index in [-0.39, 0.29) is 24.8 Å². The van der Waals surface area contributed by atoms with Crippen molar-refractivity contribution in [3.8, 4) is 0 Å². The van der Waals surface area contributed by atoms with Gasteiger partial charge < -0.3 is 15.0 Å². The second-order valence-electron chi connectivity index (χ2n) is 7.29. The Hall–Kier alpha value is -0.0551. The summed E-state index contributed by atoms with van der Waals surface area (Å²) in [5.74, 6) is 1.47. The van der Waals surface area contributed by atoms with Crippen LogP contribution in [-0.2, 0) is 9.31 Å². The summed E-state index contributed by atoms with van der Waals surface area (Å²) in [5, 5.41) is 0. The van der Waals surface area contributed by atoms with Crippen LogP contribution in [0.4, 0.5) is 0 Å². The first-order chi connectivity index (χ1) is 8.39. The van der Waals surface area contributed by atoms with Crippen molar-refractivity contribution in [2.75, 3.05) is 0 Å². The predicted molar refractivity (Wildman–Crippen MR) is 73.0 cm³/mol.